The predicted molar refractivity (Wildman–Crippen MR) is 97.5 cm³/mol. The standard InChI is InChI=1S/C20H22N2O3/c1-25-13-12-22-11-10-16-17(8-5-9-19(16)22)20(24)21-18(14-23)15-6-3-2-4-7-15/h2-11,18,23H,12-14H2,1H3,(H,21,24)/t18-/m0/s1. The number of methoxy groups -OCH3 is 1. The molecule has 0 aliphatic rings. The van der Waals surface area contributed by atoms with Gasteiger partial charge in [0.05, 0.1) is 19.3 Å². The first-order valence-corrected chi connectivity index (χ1v) is 8.28. The molecule has 0 bridgehead atoms. The number of hydrogen-bond acceptors (Lipinski definition) is 3. The van der Waals surface area contributed by atoms with Gasteiger partial charge < -0.3 is 19.7 Å². The number of aliphatic hydroxyl groups is 1. The fourth-order valence-electron chi connectivity index (χ4n) is 2.96. The van der Waals surface area contributed by atoms with Crippen LogP contribution in [0.3, 0.4) is 0 Å². The fraction of sp³-hybridized carbons (Fsp3) is 0.250. The van der Waals surface area contributed by atoms with Crippen molar-refractivity contribution in [3.8, 4) is 0 Å². The second kappa shape index (κ2) is 7.96. The van der Waals surface area contributed by atoms with Crippen LogP contribution < -0.4 is 5.32 Å². The number of benzene rings is 2. The van der Waals surface area contributed by atoms with Crippen molar-refractivity contribution in [3.63, 3.8) is 0 Å². The minimum atomic E-state index is -0.431. The molecule has 130 valence electrons. The van der Waals surface area contributed by atoms with Crippen molar-refractivity contribution in [2.45, 2.75) is 12.6 Å². The zero-order chi connectivity index (χ0) is 17.6. The van der Waals surface area contributed by atoms with E-state index in [-0.39, 0.29) is 12.5 Å². The molecule has 3 aromatic rings. The van der Waals surface area contributed by atoms with Gasteiger partial charge in [-0.25, -0.2) is 0 Å². The molecule has 0 aliphatic carbocycles. The van der Waals surface area contributed by atoms with Gasteiger partial charge in [-0.1, -0.05) is 36.4 Å². The zero-order valence-corrected chi connectivity index (χ0v) is 14.2. The van der Waals surface area contributed by atoms with Crippen molar-refractivity contribution < 1.29 is 14.6 Å². The quantitative estimate of drug-likeness (QED) is 0.696. The third-order valence-electron chi connectivity index (χ3n) is 4.28. The largest absolute Gasteiger partial charge is 0.394 e. The minimum Gasteiger partial charge on any atom is -0.394 e. The monoisotopic (exact) mass is 338 g/mol. The first-order chi connectivity index (χ1) is 12.2. The molecule has 1 heterocycles. The van der Waals surface area contributed by atoms with Crippen LogP contribution in [0.4, 0.5) is 0 Å². The van der Waals surface area contributed by atoms with E-state index in [1.165, 1.54) is 0 Å². The van der Waals surface area contributed by atoms with Gasteiger partial charge in [-0.2, -0.15) is 0 Å². The number of rotatable bonds is 7. The summed E-state index contributed by atoms with van der Waals surface area (Å²) in [6.07, 6.45) is 1.96. The first-order valence-electron chi connectivity index (χ1n) is 8.28. The van der Waals surface area contributed by atoms with E-state index in [9.17, 15) is 9.90 Å². The molecule has 1 aromatic heterocycles. The van der Waals surface area contributed by atoms with Crippen molar-refractivity contribution in [1.29, 1.82) is 0 Å². The number of fused-ring (bicyclic) bond motifs is 1. The Kier molecular flexibility index (Phi) is 5.48. The van der Waals surface area contributed by atoms with Crippen molar-refractivity contribution in [1.82, 2.24) is 9.88 Å². The van der Waals surface area contributed by atoms with Gasteiger partial charge in [0.25, 0.3) is 5.91 Å². The Labute approximate surface area is 146 Å². The Morgan fingerprint density at radius 2 is 1.96 bits per heavy atom. The van der Waals surface area contributed by atoms with Gasteiger partial charge in [0.15, 0.2) is 0 Å². The maximum Gasteiger partial charge on any atom is 0.252 e. The van der Waals surface area contributed by atoms with Crippen LogP contribution in [0.1, 0.15) is 22.0 Å². The van der Waals surface area contributed by atoms with E-state index < -0.39 is 6.04 Å². The van der Waals surface area contributed by atoms with Gasteiger partial charge in [-0.15, -0.1) is 0 Å². The summed E-state index contributed by atoms with van der Waals surface area (Å²) < 4.78 is 7.20. The number of amides is 1. The number of nitrogens with zero attached hydrogens (tertiary/aromatic N) is 1. The van der Waals surface area contributed by atoms with E-state index in [1.807, 2.05) is 54.7 Å². The summed E-state index contributed by atoms with van der Waals surface area (Å²) in [5, 5.41) is 13.5. The number of carbonyl (C=O) groups is 1. The maximum absolute atomic E-state index is 12.8. The second-order valence-electron chi connectivity index (χ2n) is 5.86. The molecule has 0 fully saturated rings. The highest BCUT2D eigenvalue weighted by molar-refractivity contribution is 6.06. The van der Waals surface area contributed by atoms with Gasteiger partial charge in [-0.3, -0.25) is 4.79 Å². The Morgan fingerprint density at radius 1 is 1.16 bits per heavy atom. The summed E-state index contributed by atoms with van der Waals surface area (Å²) in [6, 6.07) is 16.6. The summed E-state index contributed by atoms with van der Waals surface area (Å²) in [7, 11) is 1.67. The van der Waals surface area contributed by atoms with E-state index in [1.54, 1.807) is 13.2 Å². The molecule has 0 aliphatic heterocycles. The first kappa shape index (κ1) is 17.2. The van der Waals surface area contributed by atoms with Crippen LogP contribution in [0.5, 0.6) is 0 Å². The van der Waals surface area contributed by atoms with Gasteiger partial charge in [0.2, 0.25) is 0 Å². The van der Waals surface area contributed by atoms with E-state index in [0.29, 0.717) is 12.2 Å². The number of hydrogen-bond donors (Lipinski definition) is 2. The SMILES string of the molecule is COCCn1ccc2c(C(=O)N[C@@H](CO)c3ccccc3)cccc21. The summed E-state index contributed by atoms with van der Waals surface area (Å²) in [5.41, 5.74) is 2.47. The lowest BCUT2D eigenvalue weighted by atomic mass is 10.1. The fourth-order valence-corrected chi connectivity index (χ4v) is 2.96. The molecular formula is C20H22N2O3. The molecule has 3 rings (SSSR count). The van der Waals surface area contributed by atoms with Crippen molar-refractivity contribution >= 4 is 16.8 Å². The van der Waals surface area contributed by atoms with Crippen LogP contribution in [-0.2, 0) is 11.3 Å². The molecule has 25 heavy (non-hydrogen) atoms. The third-order valence-corrected chi connectivity index (χ3v) is 4.28. The normalized spacial score (nSPS) is 12.2. The molecule has 5 heteroatoms. The van der Waals surface area contributed by atoms with Gasteiger partial charge in [0, 0.05) is 36.3 Å². The molecule has 0 unspecified atom stereocenters. The number of nitrogens with one attached hydrogen (secondary N) is 1. The maximum atomic E-state index is 12.8. The van der Waals surface area contributed by atoms with Crippen LogP contribution in [0.15, 0.2) is 60.8 Å². The Bertz CT molecular complexity index is 843. The number of ether oxygens (including phenoxy) is 1. The summed E-state index contributed by atoms with van der Waals surface area (Å²) in [5.74, 6) is -0.196. The Morgan fingerprint density at radius 3 is 2.68 bits per heavy atom. The van der Waals surface area contributed by atoms with Crippen LogP contribution in [0.25, 0.3) is 10.9 Å². The predicted octanol–water partition coefficient (Wildman–Crippen LogP) is 2.75. The minimum absolute atomic E-state index is 0.152. The van der Waals surface area contributed by atoms with Crippen LogP contribution in [0.2, 0.25) is 0 Å². The van der Waals surface area contributed by atoms with E-state index in [0.717, 1.165) is 23.0 Å². The highest BCUT2D eigenvalue weighted by atomic mass is 16.5. The van der Waals surface area contributed by atoms with E-state index in [2.05, 4.69) is 9.88 Å². The van der Waals surface area contributed by atoms with Crippen molar-refractivity contribution in [2.75, 3.05) is 20.3 Å². The van der Waals surface area contributed by atoms with Gasteiger partial charge in [-0.05, 0) is 23.8 Å². The van der Waals surface area contributed by atoms with E-state index in [4.69, 9.17) is 4.74 Å². The number of carbonyl (C=O) groups excluding carboxylic acids is 1. The highest BCUT2D eigenvalue weighted by Crippen LogP contribution is 2.21. The van der Waals surface area contributed by atoms with Crippen LogP contribution in [0, 0.1) is 0 Å². The Hall–Kier alpha value is -2.63. The molecule has 1 atom stereocenters. The molecule has 0 spiro atoms. The molecule has 0 saturated heterocycles. The molecule has 1 amide bonds. The van der Waals surface area contributed by atoms with Gasteiger partial charge in [0.1, 0.15) is 0 Å². The molecule has 0 radical (unpaired) electrons. The number of aliphatic hydroxyl groups excluding tert-OH is 1. The molecule has 2 aromatic carbocycles. The number of aromatic nitrogens is 1. The molecular weight excluding hydrogens is 316 g/mol. The molecule has 2 N–H and O–H groups in total. The average molecular weight is 338 g/mol. The summed E-state index contributed by atoms with van der Waals surface area (Å²) in [6.45, 7) is 1.19. The summed E-state index contributed by atoms with van der Waals surface area (Å²) >= 11 is 0. The van der Waals surface area contributed by atoms with Crippen LogP contribution >= 0.6 is 0 Å². The Balaban J connectivity index is 1.85. The highest BCUT2D eigenvalue weighted by Gasteiger charge is 2.17. The third kappa shape index (κ3) is 3.73. The molecule has 0 saturated carbocycles. The average Bonchev–Trinajstić information content (AvgIpc) is 3.08. The topological polar surface area (TPSA) is 63.5 Å². The second-order valence-corrected chi connectivity index (χ2v) is 5.86. The van der Waals surface area contributed by atoms with Gasteiger partial charge >= 0.3 is 0 Å². The lowest BCUT2D eigenvalue weighted by Gasteiger charge is -2.17. The zero-order valence-electron chi connectivity index (χ0n) is 14.2. The summed E-state index contributed by atoms with van der Waals surface area (Å²) in [4.78, 5) is 12.8. The van der Waals surface area contributed by atoms with Crippen LogP contribution in [-0.4, -0.2) is 35.9 Å². The lowest BCUT2D eigenvalue weighted by molar-refractivity contribution is 0.0918. The van der Waals surface area contributed by atoms with Crippen molar-refractivity contribution in [2.24, 2.45) is 0 Å². The van der Waals surface area contributed by atoms with E-state index >= 15 is 0 Å². The lowest BCUT2D eigenvalue weighted by Crippen LogP contribution is -2.30. The molecule has 5 nitrogen and oxygen atoms in total. The smallest absolute Gasteiger partial charge is 0.252 e. The van der Waals surface area contributed by atoms with Crippen molar-refractivity contribution in [3.05, 3.63) is 71.9 Å².